The monoisotopic (exact) mass is 209 g/mol. The normalized spacial score (nSPS) is 12.5. The van der Waals surface area contributed by atoms with Gasteiger partial charge < -0.3 is 15.2 Å². The molecule has 0 saturated heterocycles. The molecule has 1 aromatic rings. The Hall–Kier alpha value is -1.29. The molecule has 15 heavy (non-hydrogen) atoms. The number of hydrogen-bond donors (Lipinski definition) is 2. The highest BCUT2D eigenvalue weighted by Crippen LogP contribution is 1.99. The van der Waals surface area contributed by atoms with Crippen LogP contribution >= 0.6 is 0 Å². The molecule has 0 aromatic carbocycles. The summed E-state index contributed by atoms with van der Waals surface area (Å²) in [6, 6.07) is 3.68. The second kappa shape index (κ2) is 5.56. The number of aryl methyl sites for hydroxylation is 1. The largest absolute Gasteiger partial charge is 0.350 e. The maximum Gasteiger partial charge on any atom is 0.267 e. The minimum Gasteiger partial charge on any atom is -0.350 e. The second-order valence-corrected chi connectivity index (χ2v) is 3.88. The number of carbonyl (C=O) groups is 1. The van der Waals surface area contributed by atoms with Gasteiger partial charge in [-0.3, -0.25) is 4.79 Å². The SMILES string of the molecule is CNCC(C)CNC(=O)c1cccn1C. The average Bonchev–Trinajstić information content (AvgIpc) is 2.61. The summed E-state index contributed by atoms with van der Waals surface area (Å²) in [5.74, 6) is 0.435. The molecule has 1 amide bonds. The second-order valence-electron chi connectivity index (χ2n) is 3.88. The van der Waals surface area contributed by atoms with Crippen LogP contribution in [-0.2, 0) is 7.05 Å². The maximum atomic E-state index is 11.7. The van der Waals surface area contributed by atoms with Crippen LogP contribution in [0.25, 0.3) is 0 Å². The van der Waals surface area contributed by atoms with Crippen molar-refractivity contribution in [3.8, 4) is 0 Å². The van der Waals surface area contributed by atoms with Gasteiger partial charge in [-0.15, -0.1) is 0 Å². The minimum absolute atomic E-state index is 0.00884. The van der Waals surface area contributed by atoms with Gasteiger partial charge in [0.15, 0.2) is 0 Å². The fourth-order valence-corrected chi connectivity index (χ4v) is 1.48. The van der Waals surface area contributed by atoms with Crippen LogP contribution in [-0.4, -0.2) is 30.6 Å². The van der Waals surface area contributed by atoms with Crippen LogP contribution < -0.4 is 10.6 Å². The van der Waals surface area contributed by atoms with Gasteiger partial charge in [-0.1, -0.05) is 6.92 Å². The van der Waals surface area contributed by atoms with Gasteiger partial charge in [0.2, 0.25) is 0 Å². The molecule has 1 heterocycles. The molecule has 0 aliphatic rings. The third-order valence-corrected chi connectivity index (χ3v) is 2.34. The topological polar surface area (TPSA) is 46.1 Å². The molecular formula is C11H19N3O. The molecule has 0 aliphatic heterocycles. The number of carbonyl (C=O) groups excluding carboxylic acids is 1. The molecule has 4 heteroatoms. The molecule has 1 aromatic heterocycles. The molecule has 0 spiro atoms. The average molecular weight is 209 g/mol. The molecule has 0 fully saturated rings. The Morgan fingerprint density at radius 1 is 1.53 bits per heavy atom. The Balaban J connectivity index is 2.40. The van der Waals surface area contributed by atoms with E-state index in [2.05, 4.69) is 17.6 Å². The summed E-state index contributed by atoms with van der Waals surface area (Å²) >= 11 is 0. The Labute approximate surface area is 90.7 Å². The van der Waals surface area contributed by atoms with Gasteiger partial charge in [0.05, 0.1) is 0 Å². The quantitative estimate of drug-likeness (QED) is 0.746. The highest BCUT2D eigenvalue weighted by atomic mass is 16.1. The van der Waals surface area contributed by atoms with E-state index < -0.39 is 0 Å². The van der Waals surface area contributed by atoms with E-state index in [0.29, 0.717) is 18.2 Å². The fourth-order valence-electron chi connectivity index (χ4n) is 1.48. The van der Waals surface area contributed by atoms with Gasteiger partial charge in [0, 0.05) is 19.8 Å². The Bertz CT molecular complexity index is 319. The third kappa shape index (κ3) is 3.40. The van der Waals surface area contributed by atoms with Crippen LogP contribution in [0.2, 0.25) is 0 Å². The van der Waals surface area contributed by atoms with E-state index >= 15 is 0 Å². The molecule has 4 nitrogen and oxygen atoms in total. The van der Waals surface area contributed by atoms with E-state index in [1.54, 1.807) is 0 Å². The molecule has 0 aliphatic carbocycles. The first kappa shape index (κ1) is 11.8. The highest BCUT2D eigenvalue weighted by molar-refractivity contribution is 5.92. The van der Waals surface area contributed by atoms with Crippen molar-refractivity contribution in [2.45, 2.75) is 6.92 Å². The molecule has 84 valence electrons. The number of hydrogen-bond acceptors (Lipinski definition) is 2. The fraction of sp³-hybridized carbons (Fsp3) is 0.545. The van der Waals surface area contributed by atoms with Crippen molar-refractivity contribution in [2.75, 3.05) is 20.1 Å². The first-order chi connectivity index (χ1) is 7.15. The number of amides is 1. The van der Waals surface area contributed by atoms with Gasteiger partial charge in [-0.2, -0.15) is 0 Å². The predicted molar refractivity (Wildman–Crippen MR) is 60.8 cm³/mol. The lowest BCUT2D eigenvalue weighted by Gasteiger charge is -2.12. The standard InChI is InChI=1S/C11H19N3O/c1-9(7-12-2)8-13-11(15)10-5-4-6-14(10)3/h4-6,9,12H,7-8H2,1-3H3,(H,13,15). The molecule has 0 saturated carbocycles. The lowest BCUT2D eigenvalue weighted by atomic mass is 10.2. The van der Waals surface area contributed by atoms with Crippen LogP contribution in [0.15, 0.2) is 18.3 Å². The molecule has 0 bridgehead atoms. The Morgan fingerprint density at radius 2 is 2.27 bits per heavy atom. The lowest BCUT2D eigenvalue weighted by Crippen LogP contribution is -2.33. The lowest BCUT2D eigenvalue weighted by molar-refractivity contribution is 0.0940. The summed E-state index contributed by atoms with van der Waals surface area (Å²) in [5.41, 5.74) is 0.701. The van der Waals surface area contributed by atoms with E-state index in [-0.39, 0.29) is 5.91 Å². The Kier molecular flexibility index (Phi) is 4.37. The summed E-state index contributed by atoms with van der Waals surface area (Å²) in [7, 11) is 3.78. The van der Waals surface area contributed by atoms with E-state index in [1.165, 1.54) is 0 Å². The zero-order chi connectivity index (χ0) is 11.3. The van der Waals surface area contributed by atoms with Crippen molar-refractivity contribution in [1.82, 2.24) is 15.2 Å². The highest BCUT2D eigenvalue weighted by Gasteiger charge is 2.09. The van der Waals surface area contributed by atoms with Crippen molar-refractivity contribution >= 4 is 5.91 Å². The molecule has 1 atom stereocenters. The van der Waals surface area contributed by atoms with Crippen molar-refractivity contribution in [1.29, 1.82) is 0 Å². The van der Waals surface area contributed by atoms with Crippen LogP contribution in [0.3, 0.4) is 0 Å². The van der Waals surface area contributed by atoms with Crippen LogP contribution in [0.1, 0.15) is 17.4 Å². The number of nitrogens with zero attached hydrogens (tertiary/aromatic N) is 1. The molecule has 2 N–H and O–H groups in total. The first-order valence-corrected chi connectivity index (χ1v) is 5.19. The van der Waals surface area contributed by atoms with Crippen LogP contribution in [0.5, 0.6) is 0 Å². The molecular weight excluding hydrogens is 190 g/mol. The van der Waals surface area contributed by atoms with Crippen LogP contribution in [0, 0.1) is 5.92 Å². The summed E-state index contributed by atoms with van der Waals surface area (Å²) in [5, 5.41) is 5.99. The molecule has 1 unspecified atom stereocenters. The number of rotatable bonds is 5. The summed E-state index contributed by atoms with van der Waals surface area (Å²) in [4.78, 5) is 11.7. The van der Waals surface area contributed by atoms with Gasteiger partial charge in [-0.05, 0) is 31.6 Å². The van der Waals surface area contributed by atoms with E-state index in [0.717, 1.165) is 6.54 Å². The smallest absolute Gasteiger partial charge is 0.267 e. The van der Waals surface area contributed by atoms with Gasteiger partial charge in [0.25, 0.3) is 5.91 Å². The van der Waals surface area contributed by atoms with E-state index in [1.807, 2.05) is 37.0 Å². The van der Waals surface area contributed by atoms with Crippen molar-refractivity contribution in [3.05, 3.63) is 24.0 Å². The van der Waals surface area contributed by atoms with Crippen molar-refractivity contribution in [2.24, 2.45) is 13.0 Å². The van der Waals surface area contributed by atoms with Crippen molar-refractivity contribution in [3.63, 3.8) is 0 Å². The van der Waals surface area contributed by atoms with Gasteiger partial charge in [0.1, 0.15) is 5.69 Å². The Morgan fingerprint density at radius 3 is 2.80 bits per heavy atom. The van der Waals surface area contributed by atoms with Crippen molar-refractivity contribution < 1.29 is 4.79 Å². The number of nitrogens with one attached hydrogen (secondary N) is 2. The zero-order valence-corrected chi connectivity index (χ0v) is 9.58. The van der Waals surface area contributed by atoms with E-state index in [9.17, 15) is 4.79 Å². The van der Waals surface area contributed by atoms with Crippen LogP contribution in [0.4, 0.5) is 0 Å². The predicted octanol–water partition coefficient (Wildman–Crippen LogP) is 0.610. The maximum absolute atomic E-state index is 11.7. The summed E-state index contributed by atoms with van der Waals surface area (Å²) in [6.45, 7) is 3.71. The third-order valence-electron chi connectivity index (χ3n) is 2.34. The van der Waals surface area contributed by atoms with Gasteiger partial charge in [-0.25, -0.2) is 0 Å². The summed E-state index contributed by atoms with van der Waals surface area (Å²) in [6.07, 6.45) is 1.87. The summed E-state index contributed by atoms with van der Waals surface area (Å²) < 4.78 is 1.82. The minimum atomic E-state index is -0.00884. The first-order valence-electron chi connectivity index (χ1n) is 5.19. The van der Waals surface area contributed by atoms with E-state index in [4.69, 9.17) is 0 Å². The molecule has 0 radical (unpaired) electrons. The molecule has 1 rings (SSSR count). The zero-order valence-electron chi connectivity index (χ0n) is 9.58. The number of aromatic nitrogens is 1. The van der Waals surface area contributed by atoms with Gasteiger partial charge >= 0.3 is 0 Å².